The summed E-state index contributed by atoms with van der Waals surface area (Å²) in [5, 5.41) is 0.737. The van der Waals surface area contributed by atoms with Crippen molar-refractivity contribution in [1.29, 1.82) is 0 Å². The third kappa shape index (κ3) is 39.0. The number of nitrogens with zero attached hydrogens (tertiary/aromatic N) is 1. The van der Waals surface area contributed by atoms with Crippen molar-refractivity contribution in [2.45, 2.75) is 180 Å². The molecular formula is C41H79NS4. The first-order valence-electron chi connectivity index (χ1n) is 19.7. The Kier molecular flexibility index (Phi) is 40.5. The molecule has 0 saturated carbocycles. The third-order valence-electron chi connectivity index (χ3n) is 8.39. The Bertz CT molecular complexity index is 663. The molecule has 2 unspecified atom stereocenters. The predicted molar refractivity (Wildman–Crippen MR) is 226 cm³/mol. The van der Waals surface area contributed by atoms with Gasteiger partial charge in [-0.25, -0.2) is 0 Å². The van der Waals surface area contributed by atoms with Gasteiger partial charge < -0.3 is 4.90 Å². The SMILES string of the molecule is CCCCC/C=C\C/C=C\CCCCCCCCSSC(CSSCCCCCCCCC(C)C/C=C\CCCCC)CN(C)C. The lowest BCUT2D eigenvalue weighted by Crippen LogP contribution is -2.24. The zero-order chi connectivity index (χ0) is 33.6. The van der Waals surface area contributed by atoms with Gasteiger partial charge in [-0.05, 0) is 84.2 Å². The Balaban J connectivity index is 3.59. The maximum Gasteiger partial charge on any atom is 0.0377 e. The highest BCUT2D eigenvalue weighted by Gasteiger charge is 2.12. The van der Waals surface area contributed by atoms with Crippen LogP contribution in [0.1, 0.15) is 175 Å². The average Bonchev–Trinajstić information content (AvgIpc) is 3.04. The summed E-state index contributed by atoms with van der Waals surface area (Å²) >= 11 is 0. The van der Waals surface area contributed by atoms with Crippen molar-refractivity contribution in [3.63, 3.8) is 0 Å². The fourth-order valence-electron chi connectivity index (χ4n) is 5.43. The third-order valence-corrected chi connectivity index (χ3v) is 14.1. The van der Waals surface area contributed by atoms with E-state index in [1.807, 2.05) is 0 Å². The van der Waals surface area contributed by atoms with Crippen LogP contribution in [0.5, 0.6) is 0 Å². The fraction of sp³-hybridized carbons (Fsp3) is 0.854. The van der Waals surface area contributed by atoms with E-state index < -0.39 is 0 Å². The molecule has 0 bridgehead atoms. The smallest absolute Gasteiger partial charge is 0.0377 e. The number of allylic oxidation sites excluding steroid dienone is 6. The van der Waals surface area contributed by atoms with Crippen LogP contribution < -0.4 is 0 Å². The molecular weight excluding hydrogens is 635 g/mol. The van der Waals surface area contributed by atoms with Crippen LogP contribution in [-0.2, 0) is 0 Å². The summed E-state index contributed by atoms with van der Waals surface area (Å²) in [6, 6.07) is 0. The van der Waals surface area contributed by atoms with Crippen molar-refractivity contribution in [2.75, 3.05) is 37.9 Å². The molecule has 2 atom stereocenters. The molecule has 0 aromatic heterocycles. The van der Waals surface area contributed by atoms with Gasteiger partial charge in [-0.15, -0.1) is 0 Å². The molecule has 0 aromatic rings. The van der Waals surface area contributed by atoms with Crippen LogP contribution in [-0.4, -0.2) is 48.0 Å². The standard InChI is InChI=1S/C41H79NS4/c1-6-8-10-12-14-15-16-17-18-19-20-21-22-24-29-33-37-44-46-41(38-42(4)5)39-45-43-36-32-28-25-23-27-31-35-40(3)34-30-26-13-11-9-7-2/h14-15,17-18,26,30,40-41H,6-13,16,19-25,27-29,31-39H2,1-5H3/b15-14-,18-17-,30-26-. The summed E-state index contributed by atoms with van der Waals surface area (Å²) in [7, 11) is 13.0. The largest absolute Gasteiger partial charge is 0.308 e. The quantitative estimate of drug-likeness (QED) is 0.0357. The molecule has 0 spiro atoms. The van der Waals surface area contributed by atoms with Crippen LogP contribution in [0.3, 0.4) is 0 Å². The summed E-state index contributed by atoms with van der Waals surface area (Å²) < 4.78 is 0. The predicted octanol–water partition coefficient (Wildman–Crippen LogP) is 15.4. The molecule has 0 heterocycles. The monoisotopic (exact) mass is 714 g/mol. The highest BCUT2D eigenvalue weighted by Crippen LogP contribution is 2.34. The zero-order valence-electron chi connectivity index (χ0n) is 31.5. The van der Waals surface area contributed by atoms with E-state index in [4.69, 9.17) is 0 Å². The van der Waals surface area contributed by atoms with Gasteiger partial charge in [0.25, 0.3) is 0 Å². The Morgan fingerprint density at radius 1 is 0.522 bits per heavy atom. The van der Waals surface area contributed by atoms with E-state index in [1.165, 1.54) is 171 Å². The highest BCUT2D eigenvalue weighted by molar-refractivity contribution is 8.78. The number of rotatable bonds is 37. The van der Waals surface area contributed by atoms with Gasteiger partial charge in [0.1, 0.15) is 0 Å². The first kappa shape index (κ1) is 46.6. The average molecular weight is 714 g/mol. The minimum absolute atomic E-state index is 0.737. The van der Waals surface area contributed by atoms with Gasteiger partial charge in [0, 0.05) is 29.1 Å². The summed E-state index contributed by atoms with van der Waals surface area (Å²) in [4.78, 5) is 2.37. The molecule has 0 radical (unpaired) electrons. The van der Waals surface area contributed by atoms with Gasteiger partial charge in [-0.2, -0.15) is 0 Å². The van der Waals surface area contributed by atoms with Crippen LogP contribution in [0.25, 0.3) is 0 Å². The molecule has 0 fully saturated rings. The summed E-state index contributed by atoms with van der Waals surface area (Å²) in [6.45, 7) is 8.19. The van der Waals surface area contributed by atoms with E-state index >= 15 is 0 Å². The topological polar surface area (TPSA) is 3.24 Å². The molecule has 0 aromatic carbocycles. The van der Waals surface area contributed by atoms with E-state index in [9.17, 15) is 0 Å². The number of unbranched alkanes of at least 4 members (excludes halogenated alkanes) is 17. The Morgan fingerprint density at radius 2 is 1.02 bits per heavy atom. The molecule has 1 nitrogen and oxygen atoms in total. The van der Waals surface area contributed by atoms with Crippen molar-refractivity contribution < 1.29 is 0 Å². The maximum absolute atomic E-state index is 2.44. The van der Waals surface area contributed by atoms with Crippen molar-refractivity contribution in [3.8, 4) is 0 Å². The summed E-state index contributed by atoms with van der Waals surface area (Å²) in [6.07, 6.45) is 46.9. The van der Waals surface area contributed by atoms with E-state index in [0.717, 1.165) is 17.6 Å². The number of hydrogen-bond acceptors (Lipinski definition) is 5. The van der Waals surface area contributed by atoms with Crippen molar-refractivity contribution >= 4 is 43.2 Å². The van der Waals surface area contributed by atoms with Gasteiger partial charge >= 0.3 is 0 Å². The normalized spacial score (nSPS) is 13.7. The molecule has 5 heteroatoms. The van der Waals surface area contributed by atoms with E-state index in [0.29, 0.717) is 0 Å². The fourth-order valence-corrected chi connectivity index (χ4v) is 11.3. The van der Waals surface area contributed by atoms with E-state index in [2.05, 4.69) is 119 Å². The molecule has 0 rings (SSSR count). The minimum atomic E-state index is 0.737. The first-order chi connectivity index (χ1) is 22.6. The summed E-state index contributed by atoms with van der Waals surface area (Å²) in [5.41, 5.74) is 0. The molecule has 0 amide bonds. The van der Waals surface area contributed by atoms with Gasteiger partial charge in [-0.3, -0.25) is 0 Å². The Labute approximate surface area is 306 Å². The Hall–Kier alpha value is 0.580. The zero-order valence-corrected chi connectivity index (χ0v) is 34.8. The lowest BCUT2D eigenvalue weighted by atomic mass is 9.98. The van der Waals surface area contributed by atoms with Crippen LogP contribution in [0, 0.1) is 5.92 Å². The second-order valence-corrected chi connectivity index (χ2v) is 19.1. The van der Waals surface area contributed by atoms with Crippen molar-refractivity contribution in [1.82, 2.24) is 4.90 Å². The molecule has 0 N–H and O–H groups in total. The highest BCUT2D eigenvalue weighted by atomic mass is 33.1. The first-order valence-corrected chi connectivity index (χ1v) is 24.6. The van der Waals surface area contributed by atoms with Crippen LogP contribution >= 0.6 is 43.2 Å². The van der Waals surface area contributed by atoms with Crippen LogP contribution in [0.4, 0.5) is 0 Å². The molecule has 272 valence electrons. The lowest BCUT2D eigenvalue weighted by Gasteiger charge is -2.19. The van der Waals surface area contributed by atoms with Crippen LogP contribution in [0.2, 0.25) is 0 Å². The molecule has 0 saturated heterocycles. The molecule has 0 aliphatic rings. The van der Waals surface area contributed by atoms with Crippen molar-refractivity contribution in [2.24, 2.45) is 5.92 Å². The minimum Gasteiger partial charge on any atom is -0.308 e. The second kappa shape index (κ2) is 40.0. The van der Waals surface area contributed by atoms with Crippen LogP contribution in [0.15, 0.2) is 36.5 Å². The van der Waals surface area contributed by atoms with Gasteiger partial charge in [0.15, 0.2) is 0 Å². The molecule has 46 heavy (non-hydrogen) atoms. The van der Waals surface area contributed by atoms with Crippen molar-refractivity contribution in [3.05, 3.63) is 36.5 Å². The van der Waals surface area contributed by atoms with Gasteiger partial charge in [0.05, 0.1) is 0 Å². The van der Waals surface area contributed by atoms with E-state index in [1.54, 1.807) is 0 Å². The summed E-state index contributed by atoms with van der Waals surface area (Å²) in [5.74, 6) is 4.78. The lowest BCUT2D eigenvalue weighted by molar-refractivity contribution is 0.415. The number of hydrogen-bond donors (Lipinski definition) is 0. The second-order valence-electron chi connectivity index (χ2n) is 13.7. The Morgan fingerprint density at radius 3 is 1.61 bits per heavy atom. The van der Waals surface area contributed by atoms with E-state index in [-0.39, 0.29) is 0 Å². The molecule has 0 aliphatic heterocycles. The molecule has 0 aliphatic carbocycles. The van der Waals surface area contributed by atoms with Gasteiger partial charge in [0.2, 0.25) is 0 Å². The maximum atomic E-state index is 2.44. The van der Waals surface area contributed by atoms with Gasteiger partial charge in [-0.1, -0.05) is 190 Å².